The molecule has 7 heteroatoms. The van der Waals surface area contributed by atoms with E-state index in [-0.39, 0.29) is 5.91 Å². The van der Waals surface area contributed by atoms with E-state index in [4.69, 9.17) is 0 Å². The van der Waals surface area contributed by atoms with Crippen molar-refractivity contribution in [3.8, 4) is 5.82 Å². The van der Waals surface area contributed by atoms with Gasteiger partial charge in [-0.2, -0.15) is 5.10 Å². The van der Waals surface area contributed by atoms with Crippen LogP contribution in [-0.4, -0.2) is 75.8 Å². The first-order valence-electron chi connectivity index (χ1n) is 9.50. The molecule has 26 heavy (non-hydrogen) atoms. The van der Waals surface area contributed by atoms with E-state index in [9.17, 15) is 4.79 Å². The van der Waals surface area contributed by atoms with Crippen LogP contribution in [0.4, 0.5) is 0 Å². The lowest BCUT2D eigenvalue weighted by molar-refractivity contribution is 0.0772. The SMILES string of the molecule is CCc1c(C(=O)N2CCC(N3CCNCC3)C2)cnn1-c1ccccn1. The minimum Gasteiger partial charge on any atom is -0.337 e. The van der Waals surface area contributed by atoms with Crippen molar-refractivity contribution >= 4 is 5.91 Å². The molecule has 138 valence electrons. The minimum absolute atomic E-state index is 0.0988. The number of carbonyl (C=O) groups is 1. The van der Waals surface area contributed by atoms with Gasteiger partial charge in [0.25, 0.3) is 5.91 Å². The number of rotatable bonds is 4. The van der Waals surface area contributed by atoms with Crippen molar-refractivity contribution < 1.29 is 4.79 Å². The van der Waals surface area contributed by atoms with Crippen molar-refractivity contribution in [1.29, 1.82) is 0 Å². The summed E-state index contributed by atoms with van der Waals surface area (Å²) in [7, 11) is 0. The Bertz CT molecular complexity index is 753. The highest BCUT2D eigenvalue weighted by molar-refractivity contribution is 5.95. The van der Waals surface area contributed by atoms with Gasteiger partial charge in [-0.15, -0.1) is 0 Å². The van der Waals surface area contributed by atoms with Crippen molar-refractivity contribution in [2.75, 3.05) is 39.3 Å². The molecule has 0 bridgehead atoms. The molecule has 1 atom stereocenters. The predicted molar refractivity (Wildman–Crippen MR) is 99.5 cm³/mol. The molecule has 1 unspecified atom stereocenters. The lowest BCUT2D eigenvalue weighted by Crippen LogP contribution is -2.49. The Labute approximate surface area is 154 Å². The summed E-state index contributed by atoms with van der Waals surface area (Å²) in [6, 6.07) is 6.21. The standard InChI is InChI=1S/C19H26N6O/c1-2-17-16(13-22-25(17)18-5-3-4-7-21-18)19(26)24-10-6-15(14-24)23-11-8-20-9-12-23/h3-5,7,13,15,20H,2,6,8-12,14H2,1H3. The van der Waals surface area contributed by atoms with Crippen LogP contribution in [0.5, 0.6) is 0 Å². The highest BCUT2D eigenvalue weighted by Crippen LogP contribution is 2.21. The van der Waals surface area contributed by atoms with E-state index in [0.717, 1.165) is 63.6 Å². The molecule has 0 spiro atoms. The number of aromatic nitrogens is 3. The number of amides is 1. The van der Waals surface area contributed by atoms with Crippen LogP contribution in [0, 0.1) is 0 Å². The topological polar surface area (TPSA) is 66.3 Å². The molecule has 0 radical (unpaired) electrons. The molecule has 2 saturated heterocycles. The summed E-state index contributed by atoms with van der Waals surface area (Å²) in [5.74, 6) is 0.852. The number of carbonyl (C=O) groups excluding carboxylic acids is 1. The van der Waals surface area contributed by atoms with Crippen LogP contribution in [0.3, 0.4) is 0 Å². The fraction of sp³-hybridized carbons (Fsp3) is 0.526. The second-order valence-corrected chi connectivity index (χ2v) is 6.94. The van der Waals surface area contributed by atoms with Crippen LogP contribution in [0.2, 0.25) is 0 Å². The Morgan fingerprint density at radius 3 is 2.85 bits per heavy atom. The molecular weight excluding hydrogens is 328 g/mol. The molecule has 0 saturated carbocycles. The van der Waals surface area contributed by atoms with Crippen LogP contribution in [0.25, 0.3) is 5.82 Å². The van der Waals surface area contributed by atoms with Crippen molar-refractivity contribution in [2.45, 2.75) is 25.8 Å². The maximum absolute atomic E-state index is 13.1. The highest BCUT2D eigenvalue weighted by atomic mass is 16.2. The molecule has 2 fully saturated rings. The van der Waals surface area contributed by atoms with Gasteiger partial charge < -0.3 is 10.2 Å². The van der Waals surface area contributed by atoms with E-state index < -0.39 is 0 Å². The second-order valence-electron chi connectivity index (χ2n) is 6.94. The average molecular weight is 354 g/mol. The van der Waals surface area contributed by atoms with Gasteiger partial charge in [0.15, 0.2) is 5.82 Å². The summed E-state index contributed by atoms with van der Waals surface area (Å²) in [5, 5.41) is 7.84. The Morgan fingerprint density at radius 1 is 1.27 bits per heavy atom. The number of hydrogen-bond donors (Lipinski definition) is 1. The quantitative estimate of drug-likeness (QED) is 0.886. The van der Waals surface area contributed by atoms with Gasteiger partial charge in [-0.05, 0) is 25.0 Å². The molecule has 2 aromatic rings. The van der Waals surface area contributed by atoms with Crippen molar-refractivity contribution in [2.24, 2.45) is 0 Å². The predicted octanol–water partition coefficient (Wildman–Crippen LogP) is 0.949. The normalized spacial score (nSPS) is 21.3. The minimum atomic E-state index is 0.0988. The van der Waals surface area contributed by atoms with E-state index in [2.05, 4.69) is 27.2 Å². The van der Waals surface area contributed by atoms with E-state index in [1.807, 2.05) is 23.1 Å². The largest absolute Gasteiger partial charge is 0.337 e. The van der Waals surface area contributed by atoms with E-state index >= 15 is 0 Å². The van der Waals surface area contributed by atoms with Crippen molar-refractivity contribution in [3.05, 3.63) is 41.9 Å². The zero-order valence-corrected chi connectivity index (χ0v) is 15.3. The number of hydrogen-bond acceptors (Lipinski definition) is 5. The van der Waals surface area contributed by atoms with Gasteiger partial charge >= 0.3 is 0 Å². The molecular formula is C19H26N6O. The van der Waals surface area contributed by atoms with E-state index in [1.165, 1.54) is 0 Å². The van der Waals surface area contributed by atoms with Crippen LogP contribution >= 0.6 is 0 Å². The van der Waals surface area contributed by atoms with Crippen LogP contribution in [0.15, 0.2) is 30.6 Å². The number of piperazine rings is 1. The number of nitrogens with zero attached hydrogens (tertiary/aromatic N) is 5. The Balaban J connectivity index is 1.51. The first kappa shape index (κ1) is 17.2. The fourth-order valence-corrected chi connectivity index (χ4v) is 4.01. The molecule has 0 aromatic carbocycles. The molecule has 4 heterocycles. The Kier molecular flexibility index (Phi) is 4.99. The first-order valence-corrected chi connectivity index (χ1v) is 9.50. The van der Waals surface area contributed by atoms with Crippen LogP contribution in [0.1, 0.15) is 29.4 Å². The van der Waals surface area contributed by atoms with Crippen LogP contribution < -0.4 is 5.32 Å². The van der Waals surface area contributed by atoms with Gasteiger partial charge in [0.05, 0.1) is 17.5 Å². The van der Waals surface area contributed by atoms with Gasteiger partial charge in [0, 0.05) is 51.5 Å². The van der Waals surface area contributed by atoms with Gasteiger partial charge in [0.1, 0.15) is 0 Å². The number of pyridine rings is 1. The summed E-state index contributed by atoms with van der Waals surface area (Å²) in [5.41, 5.74) is 1.64. The van der Waals surface area contributed by atoms with Gasteiger partial charge in [0.2, 0.25) is 0 Å². The summed E-state index contributed by atoms with van der Waals surface area (Å²) in [6.07, 6.45) is 5.25. The Hall–Kier alpha value is -2.25. The lowest BCUT2D eigenvalue weighted by atomic mass is 10.2. The average Bonchev–Trinajstić information content (AvgIpc) is 3.36. The van der Waals surface area contributed by atoms with Crippen molar-refractivity contribution in [1.82, 2.24) is 29.9 Å². The maximum atomic E-state index is 13.1. The summed E-state index contributed by atoms with van der Waals surface area (Å²) >= 11 is 0. The fourth-order valence-electron chi connectivity index (χ4n) is 4.01. The third-order valence-corrected chi connectivity index (χ3v) is 5.42. The number of nitrogens with one attached hydrogen (secondary N) is 1. The van der Waals surface area contributed by atoms with Gasteiger partial charge in [-0.3, -0.25) is 9.69 Å². The summed E-state index contributed by atoms with van der Waals surface area (Å²) in [6.45, 7) is 7.93. The molecule has 4 rings (SSSR count). The smallest absolute Gasteiger partial charge is 0.257 e. The Morgan fingerprint density at radius 2 is 2.12 bits per heavy atom. The molecule has 1 N–H and O–H groups in total. The summed E-state index contributed by atoms with van der Waals surface area (Å²) in [4.78, 5) is 22.0. The highest BCUT2D eigenvalue weighted by Gasteiger charge is 2.32. The van der Waals surface area contributed by atoms with Gasteiger partial charge in [-0.1, -0.05) is 13.0 Å². The zero-order valence-electron chi connectivity index (χ0n) is 15.3. The third-order valence-electron chi connectivity index (χ3n) is 5.42. The van der Waals surface area contributed by atoms with E-state index in [1.54, 1.807) is 17.1 Å². The number of likely N-dealkylation sites (tertiary alicyclic amines) is 1. The molecule has 2 aromatic heterocycles. The summed E-state index contributed by atoms with van der Waals surface area (Å²) < 4.78 is 1.79. The third kappa shape index (κ3) is 3.24. The monoisotopic (exact) mass is 354 g/mol. The maximum Gasteiger partial charge on any atom is 0.257 e. The second kappa shape index (κ2) is 7.55. The first-order chi connectivity index (χ1) is 12.8. The molecule has 2 aliphatic rings. The van der Waals surface area contributed by atoms with Crippen molar-refractivity contribution in [3.63, 3.8) is 0 Å². The lowest BCUT2D eigenvalue weighted by Gasteiger charge is -2.32. The molecule has 1 amide bonds. The molecule has 2 aliphatic heterocycles. The van der Waals surface area contributed by atoms with Crippen LogP contribution in [-0.2, 0) is 6.42 Å². The van der Waals surface area contributed by atoms with Gasteiger partial charge in [-0.25, -0.2) is 9.67 Å². The molecule has 7 nitrogen and oxygen atoms in total. The van der Waals surface area contributed by atoms with E-state index in [0.29, 0.717) is 11.6 Å². The molecule has 0 aliphatic carbocycles. The zero-order chi connectivity index (χ0) is 17.9.